The minimum atomic E-state index is -0.871. The van der Waals surface area contributed by atoms with Crippen molar-refractivity contribution in [1.29, 1.82) is 0 Å². The molecule has 2 amide bonds. The van der Waals surface area contributed by atoms with Crippen LogP contribution in [0, 0.1) is 5.92 Å². The zero-order chi connectivity index (χ0) is 14.0. The van der Waals surface area contributed by atoms with Crippen molar-refractivity contribution < 1.29 is 9.59 Å². The number of amidine groups is 1. The predicted molar refractivity (Wildman–Crippen MR) is 72.6 cm³/mol. The van der Waals surface area contributed by atoms with Crippen molar-refractivity contribution in [1.82, 2.24) is 5.32 Å². The van der Waals surface area contributed by atoms with Gasteiger partial charge in [0.05, 0.1) is 6.04 Å². The SMILES string of the molecule is CC(C)C(N)C1=NC(=O)C(c2ccccc2)C(=O)N1. The summed E-state index contributed by atoms with van der Waals surface area (Å²) in [6.07, 6.45) is 0. The Labute approximate surface area is 111 Å². The van der Waals surface area contributed by atoms with Crippen LogP contribution in [0.2, 0.25) is 0 Å². The second-order valence-electron chi connectivity index (χ2n) is 4.94. The van der Waals surface area contributed by atoms with E-state index in [9.17, 15) is 9.59 Å². The Balaban J connectivity index is 2.29. The first-order valence-electron chi connectivity index (χ1n) is 6.24. The highest BCUT2D eigenvalue weighted by atomic mass is 16.2. The van der Waals surface area contributed by atoms with Crippen LogP contribution in [0.25, 0.3) is 0 Å². The molecule has 5 heteroatoms. The molecular formula is C14H17N3O2. The van der Waals surface area contributed by atoms with Crippen molar-refractivity contribution in [2.45, 2.75) is 25.8 Å². The van der Waals surface area contributed by atoms with Gasteiger partial charge in [-0.2, -0.15) is 4.99 Å². The van der Waals surface area contributed by atoms with Crippen LogP contribution in [0.15, 0.2) is 35.3 Å². The molecule has 1 aromatic rings. The average molecular weight is 259 g/mol. The van der Waals surface area contributed by atoms with Crippen molar-refractivity contribution in [3.63, 3.8) is 0 Å². The van der Waals surface area contributed by atoms with E-state index >= 15 is 0 Å². The molecule has 19 heavy (non-hydrogen) atoms. The molecule has 0 saturated heterocycles. The van der Waals surface area contributed by atoms with E-state index in [1.807, 2.05) is 19.9 Å². The Bertz CT molecular complexity index is 523. The van der Waals surface area contributed by atoms with E-state index in [1.54, 1.807) is 24.3 Å². The number of hydrogen-bond donors (Lipinski definition) is 2. The maximum Gasteiger partial charge on any atom is 0.264 e. The van der Waals surface area contributed by atoms with Gasteiger partial charge >= 0.3 is 0 Å². The lowest BCUT2D eigenvalue weighted by Gasteiger charge is -2.25. The van der Waals surface area contributed by atoms with Crippen LogP contribution in [-0.2, 0) is 9.59 Å². The normalized spacial score (nSPS) is 21.1. The fourth-order valence-corrected chi connectivity index (χ4v) is 1.93. The van der Waals surface area contributed by atoms with Crippen LogP contribution in [0.1, 0.15) is 25.3 Å². The number of benzene rings is 1. The van der Waals surface area contributed by atoms with Crippen LogP contribution < -0.4 is 11.1 Å². The summed E-state index contributed by atoms with van der Waals surface area (Å²) >= 11 is 0. The molecular weight excluding hydrogens is 242 g/mol. The molecule has 5 nitrogen and oxygen atoms in total. The maximum atomic E-state index is 12.1. The molecule has 0 aliphatic carbocycles. The van der Waals surface area contributed by atoms with Crippen LogP contribution >= 0.6 is 0 Å². The van der Waals surface area contributed by atoms with Crippen LogP contribution in [0.4, 0.5) is 0 Å². The molecule has 2 unspecified atom stereocenters. The highest BCUT2D eigenvalue weighted by Gasteiger charge is 2.35. The number of nitrogens with two attached hydrogens (primary N) is 1. The number of aliphatic imine (C=N–C) groups is 1. The zero-order valence-electron chi connectivity index (χ0n) is 11.0. The third-order valence-electron chi connectivity index (χ3n) is 3.16. The monoisotopic (exact) mass is 259 g/mol. The number of amides is 2. The van der Waals surface area contributed by atoms with Crippen molar-refractivity contribution in [3.8, 4) is 0 Å². The van der Waals surface area contributed by atoms with Gasteiger partial charge in [0, 0.05) is 0 Å². The summed E-state index contributed by atoms with van der Waals surface area (Å²) in [6.45, 7) is 3.82. The van der Waals surface area contributed by atoms with Crippen molar-refractivity contribution in [3.05, 3.63) is 35.9 Å². The van der Waals surface area contributed by atoms with E-state index in [4.69, 9.17) is 5.73 Å². The van der Waals surface area contributed by atoms with E-state index in [0.29, 0.717) is 5.56 Å². The summed E-state index contributed by atoms with van der Waals surface area (Å²) in [7, 11) is 0. The number of nitrogens with zero attached hydrogens (tertiary/aromatic N) is 1. The predicted octanol–water partition coefficient (Wildman–Crippen LogP) is 0.808. The molecule has 0 saturated carbocycles. The highest BCUT2D eigenvalue weighted by molar-refractivity contribution is 6.20. The fourth-order valence-electron chi connectivity index (χ4n) is 1.93. The minimum Gasteiger partial charge on any atom is -0.321 e. The number of carbonyl (C=O) groups is 2. The van der Waals surface area contributed by atoms with E-state index in [2.05, 4.69) is 10.3 Å². The van der Waals surface area contributed by atoms with Crippen LogP contribution in [0.5, 0.6) is 0 Å². The van der Waals surface area contributed by atoms with Gasteiger partial charge in [-0.1, -0.05) is 44.2 Å². The summed E-state index contributed by atoms with van der Waals surface area (Å²) in [5, 5.41) is 2.64. The standard InChI is InChI=1S/C14H17N3O2/c1-8(2)11(15)12-16-13(18)10(14(19)17-12)9-6-4-3-5-7-9/h3-8,10-11H,15H2,1-2H3,(H,16,17,18,19). The summed E-state index contributed by atoms with van der Waals surface area (Å²) in [5.41, 5.74) is 6.55. The van der Waals surface area contributed by atoms with Crippen LogP contribution in [0.3, 0.4) is 0 Å². The summed E-state index contributed by atoms with van der Waals surface area (Å²) in [5.74, 6) is -1.33. The third-order valence-corrected chi connectivity index (χ3v) is 3.16. The molecule has 0 radical (unpaired) electrons. The summed E-state index contributed by atoms with van der Waals surface area (Å²) < 4.78 is 0. The van der Waals surface area contributed by atoms with Crippen molar-refractivity contribution in [2.24, 2.45) is 16.6 Å². The number of nitrogens with one attached hydrogen (secondary N) is 1. The molecule has 2 atom stereocenters. The van der Waals surface area contributed by atoms with Gasteiger partial charge in [0.25, 0.3) is 5.91 Å². The number of hydrogen-bond acceptors (Lipinski definition) is 3. The maximum absolute atomic E-state index is 12.1. The molecule has 0 fully saturated rings. The first-order valence-corrected chi connectivity index (χ1v) is 6.24. The van der Waals surface area contributed by atoms with Crippen LogP contribution in [-0.4, -0.2) is 23.7 Å². The van der Waals surface area contributed by atoms with E-state index in [0.717, 1.165) is 0 Å². The molecule has 0 aromatic heterocycles. The smallest absolute Gasteiger partial charge is 0.264 e. The quantitative estimate of drug-likeness (QED) is 0.788. The van der Waals surface area contributed by atoms with Crippen molar-refractivity contribution in [2.75, 3.05) is 0 Å². The molecule has 0 bridgehead atoms. The Morgan fingerprint density at radius 1 is 1.21 bits per heavy atom. The van der Waals surface area contributed by atoms with Gasteiger partial charge < -0.3 is 11.1 Å². The molecule has 2 rings (SSSR count). The van der Waals surface area contributed by atoms with Gasteiger partial charge in [-0.15, -0.1) is 0 Å². The lowest BCUT2D eigenvalue weighted by molar-refractivity contribution is -0.129. The molecule has 1 aromatic carbocycles. The highest BCUT2D eigenvalue weighted by Crippen LogP contribution is 2.20. The molecule has 3 N–H and O–H groups in total. The van der Waals surface area contributed by atoms with E-state index < -0.39 is 17.9 Å². The van der Waals surface area contributed by atoms with Gasteiger partial charge in [0.2, 0.25) is 5.91 Å². The second kappa shape index (κ2) is 5.32. The average Bonchev–Trinajstić information content (AvgIpc) is 2.38. The third kappa shape index (κ3) is 2.71. The fraction of sp³-hybridized carbons (Fsp3) is 0.357. The molecule has 0 spiro atoms. The lowest BCUT2D eigenvalue weighted by atomic mass is 9.94. The first-order chi connectivity index (χ1) is 9.00. The van der Waals surface area contributed by atoms with Crippen molar-refractivity contribution >= 4 is 17.6 Å². The van der Waals surface area contributed by atoms with Gasteiger partial charge in [0.15, 0.2) is 0 Å². The van der Waals surface area contributed by atoms with E-state index in [-0.39, 0.29) is 17.7 Å². The van der Waals surface area contributed by atoms with Gasteiger partial charge in [-0.25, -0.2) is 0 Å². The summed E-state index contributed by atoms with van der Waals surface area (Å²) in [4.78, 5) is 28.0. The lowest BCUT2D eigenvalue weighted by Crippen LogP contribution is -2.52. The zero-order valence-corrected chi connectivity index (χ0v) is 11.0. The first kappa shape index (κ1) is 13.4. The Morgan fingerprint density at radius 2 is 1.84 bits per heavy atom. The number of carbonyl (C=O) groups excluding carboxylic acids is 2. The minimum absolute atomic E-state index is 0.0973. The molecule has 1 heterocycles. The van der Waals surface area contributed by atoms with Gasteiger partial charge in [0.1, 0.15) is 11.8 Å². The Kier molecular flexibility index (Phi) is 3.76. The molecule has 100 valence electrons. The largest absolute Gasteiger partial charge is 0.321 e. The topological polar surface area (TPSA) is 84.5 Å². The molecule has 1 aliphatic rings. The molecule has 1 aliphatic heterocycles. The van der Waals surface area contributed by atoms with Gasteiger partial charge in [-0.3, -0.25) is 9.59 Å². The number of rotatable bonds is 3. The Morgan fingerprint density at radius 3 is 2.37 bits per heavy atom. The second-order valence-corrected chi connectivity index (χ2v) is 4.94. The van der Waals surface area contributed by atoms with Gasteiger partial charge in [-0.05, 0) is 11.5 Å². The Hall–Kier alpha value is -2.01. The van der Waals surface area contributed by atoms with E-state index in [1.165, 1.54) is 0 Å². The summed E-state index contributed by atoms with van der Waals surface area (Å²) in [6, 6.07) is 8.45.